The van der Waals surface area contributed by atoms with Crippen molar-refractivity contribution in [3.05, 3.63) is 53.6 Å². The van der Waals surface area contributed by atoms with Gasteiger partial charge in [-0.15, -0.1) is 0 Å². The van der Waals surface area contributed by atoms with Gasteiger partial charge in [0, 0.05) is 31.6 Å². The minimum absolute atomic E-state index is 0.0389. The number of nitrogens with zero attached hydrogens (tertiary/aromatic N) is 2. The molecule has 0 aromatic heterocycles. The lowest BCUT2D eigenvalue weighted by atomic mass is 9.74. The van der Waals surface area contributed by atoms with Gasteiger partial charge >= 0.3 is 13.1 Å². The summed E-state index contributed by atoms with van der Waals surface area (Å²) in [6.45, 7) is 11.2. The lowest BCUT2D eigenvalue weighted by Gasteiger charge is -2.33. The van der Waals surface area contributed by atoms with E-state index in [1.165, 1.54) is 4.90 Å². The monoisotopic (exact) mass is 504 g/mol. The second-order valence-corrected chi connectivity index (χ2v) is 10.9. The number of hydrogen-bond acceptors (Lipinski definition) is 5. The number of carbonyl (C=O) groups excluding carboxylic acids is 1. The Morgan fingerprint density at radius 3 is 2.32 bits per heavy atom. The van der Waals surface area contributed by atoms with Crippen LogP contribution in [0, 0.1) is 22.7 Å². The van der Waals surface area contributed by atoms with Crippen LogP contribution in [0.5, 0.6) is 0 Å². The predicted molar refractivity (Wildman–Crippen MR) is 144 cm³/mol. The van der Waals surface area contributed by atoms with Crippen molar-refractivity contribution in [2.45, 2.75) is 66.5 Å². The number of rotatable bonds is 10. The molecule has 1 amide bonds. The van der Waals surface area contributed by atoms with E-state index in [0.29, 0.717) is 25.2 Å². The Labute approximate surface area is 220 Å². The molecule has 1 aliphatic heterocycles. The first-order chi connectivity index (χ1) is 17.6. The van der Waals surface area contributed by atoms with Crippen molar-refractivity contribution in [2.75, 3.05) is 13.2 Å². The van der Waals surface area contributed by atoms with Gasteiger partial charge in [-0.1, -0.05) is 77.4 Å². The van der Waals surface area contributed by atoms with Crippen molar-refractivity contribution in [1.29, 1.82) is 5.26 Å². The fraction of sp³-hybridized carbons (Fsp3) is 0.483. The van der Waals surface area contributed by atoms with Crippen LogP contribution in [0.1, 0.15) is 65.0 Å². The minimum atomic E-state index is -0.998. The third-order valence-electron chi connectivity index (χ3n) is 6.59. The van der Waals surface area contributed by atoms with Gasteiger partial charge in [-0.05, 0) is 40.6 Å². The third kappa shape index (κ3) is 7.21. The Bertz CT molecular complexity index is 1130. The van der Waals surface area contributed by atoms with Crippen LogP contribution < -0.4 is 5.46 Å². The molecule has 0 spiro atoms. The lowest BCUT2D eigenvalue weighted by molar-refractivity contribution is -0.153. The summed E-state index contributed by atoms with van der Waals surface area (Å²) in [5.74, 6) is -1.37. The summed E-state index contributed by atoms with van der Waals surface area (Å²) in [5, 5.41) is 19.5. The van der Waals surface area contributed by atoms with Crippen molar-refractivity contribution in [1.82, 2.24) is 4.90 Å². The highest BCUT2D eigenvalue weighted by molar-refractivity contribution is 6.61. The van der Waals surface area contributed by atoms with E-state index in [1.807, 2.05) is 57.2 Å². The van der Waals surface area contributed by atoms with Gasteiger partial charge in [0.05, 0.1) is 11.6 Å². The summed E-state index contributed by atoms with van der Waals surface area (Å²) in [6, 6.07) is 14.5. The average molecular weight is 504 g/mol. The first-order valence-corrected chi connectivity index (χ1v) is 12.9. The Morgan fingerprint density at radius 1 is 1.14 bits per heavy atom. The van der Waals surface area contributed by atoms with E-state index in [4.69, 9.17) is 9.31 Å². The standard InChI is InChI=1S/C29H37BN2O5/c1-6-7-8-26(33)32(27(20(2)3)28(34)35)17-21-9-11-22(12-10-21)25-15-24(14-13-23(25)16-31)30-36-18-29(4,5)19-37-30/h9-15,20,27H,6-8,17-19H2,1-5H3,(H,34,35). The molecule has 0 saturated carbocycles. The summed E-state index contributed by atoms with van der Waals surface area (Å²) in [5.41, 5.74) is 3.79. The van der Waals surface area contributed by atoms with Crippen molar-refractivity contribution in [3.63, 3.8) is 0 Å². The number of carbonyl (C=O) groups is 2. The van der Waals surface area contributed by atoms with Gasteiger partial charge in [0.2, 0.25) is 5.91 Å². The van der Waals surface area contributed by atoms with Gasteiger partial charge in [0.15, 0.2) is 0 Å². The second kappa shape index (κ2) is 12.4. The summed E-state index contributed by atoms with van der Waals surface area (Å²) >= 11 is 0. The molecular weight excluding hydrogens is 467 g/mol. The van der Waals surface area contributed by atoms with E-state index in [2.05, 4.69) is 19.9 Å². The van der Waals surface area contributed by atoms with Gasteiger partial charge < -0.3 is 19.3 Å². The normalized spacial score (nSPS) is 15.8. The molecule has 1 atom stereocenters. The molecule has 0 aliphatic carbocycles. The minimum Gasteiger partial charge on any atom is -0.480 e. The lowest BCUT2D eigenvalue weighted by Crippen LogP contribution is -2.47. The molecule has 2 aromatic carbocycles. The van der Waals surface area contributed by atoms with E-state index >= 15 is 0 Å². The molecule has 1 aliphatic rings. The summed E-state index contributed by atoms with van der Waals surface area (Å²) < 4.78 is 11.9. The number of aliphatic carboxylic acids is 1. The van der Waals surface area contributed by atoms with Crippen LogP contribution in [0.25, 0.3) is 11.1 Å². The number of amides is 1. The number of hydrogen-bond donors (Lipinski definition) is 1. The first-order valence-electron chi connectivity index (χ1n) is 12.9. The number of nitriles is 1. The summed E-state index contributed by atoms with van der Waals surface area (Å²) in [6.07, 6.45) is 1.91. The Kier molecular flexibility index (Phi) is 9.53. The fourth-order valence-electron chi connectivity index (χ4n) is 4.51. The molecule has 7 nitrogen and oxygen atoms in total. The van der Waals surface area contributed by atoms with E-state index in [1.54, 1.807) is 6.07 Å². The Balaban J connectivity index is 1.86. The van der Waals surface area contributed by atoms with Crippen LogP contribution in [0.15, 0.2) is 42.5 Å². The quantitative estimate of drug-likeness (QED) is 0.474. The van der Waals surface area contributed by atoms with Crippen LogP contribution in [-0.2, 0) is 25.4 Å². The zero-order valence-electron chi connectivity index (χ0n) is 22.5. The van der Waals surface area contributed by atoms with E-state index < -0.39 is 19.1 Å². The Hall–Kier alpha value is -3.15. The number of benzene rings is 2. The zero-order chi connectivity index (χ0) is 27.2. The van der Waals surface area contributed by atoms with Gasteiger partial charge in [-0.3, -0.25) is 4.79 Å². The van der Waals surface area contributed by atoms with Crippen LogP contribution >= 0.6 is 0 Å². The molecule has 3 rings (SSSR count). The molecule has 0 bridgehead atoms. The van der Waals surface area contributed by atoms with E-state index in [0.717, 1.165) is 35.0 Å². The second-order valence-electron chi connectivity index (χ2n) is 10.9. The van der Waals surface area contributed by atoms with Crippen molar-refractivity contribution < 1.29 is 24.0 Å². The highest BCUT2D eigenvalue weighted by Crippen LogP contribution is 2.26. The maximum Gasteiger partial charge on any atom is 0.493 e. The van der Waals surface area contributed by atoms with Crippen LogP contribution in [-0.4, -0.2) is 48.3 Å². The van der Waals surface area contributed by atoms with Crippen molar-refractivity contribution in [2.24, 2.45) is 11.3 Å². The molecule has 1 unspecified atom stereocenters. The van der Waals surface area contributed by atoms with E-state index in [-0.39, 0.29) is 23.8 Å². The molecule has 196 valence electrons. The molecule has 2 aromatic rings. The molecular formula is C29H37BN2O5. The largest absolute Gasteiger partial charge is 0.493 e. The fourth-order valence-corrected chi connectivity index (χ4v) is 4.51. The van der Waals surface area contributed by atoms with Crippen molar-refractivity contribution in [3.8, 4) is 17.2 Å². The zero-order valence-corrected chi connectivity index (χ0v) is 22.5. The highest BCUT2D eigenvalue weighted by atomic mass is 16.6. The predicted octanol–water partition coefficient (Wildman–Crippen LogP) is 4.62. The molecule has 1 fully saturated rings. The first kappa shape index (κ1) is 28.4. The van der Waals surface area contributed by atoms with Crippen molar-refractivity contribution >= 4 is 24.5 Å². The SMILES string of the molecule is CCCCC(=O)N(Cc1ccc(-c2cc(B3OCC(C)(C)CO3)ccc2C#N)cc1)C(C(=O)O)C(C)C. The van der Waals surface area contributed by atoms with Gasteiger partial charge in [0.1, 0.15) is 6.04 Å². The number of carboxylic acid groups (broad SMARTS) is 1. The van der Waals surface area contributed by atoms with Crippen LogP contribution in [0.3, 0.4) is 0 Å². The highest BCUT2D eigenvalue weighted by Gasteiger charge is 2.34. The molecule has 1 N–H and O–H groups in total. The number of unbranched alkanes of at least 4 members (excludes halogenated alkanes) is 1. The maximum atomic E-state index is 13.0. The molecule has 0 radical (unpaired) electrons. The van der Waals surface area contributed by atoms with Gasteiger partial charge in [-0.2, -0.15) is 5.26 Å². The summed E-state index contributed by atoms with van der Waals surface area (Å²) in [7, 11) is -0.481. The molecule has 8 heteroatoms. The topological polar surface area (TPSA) is 99.9 Å². The maximum absolute atomic E-state index is 13.0. The third-order valence-corrected chi connectivity index (χ3v) is 6.59. The molecule has 1 heterocycles. The van der Waals surface area contributed by atoms with E-state index in [9.17, 15) is 20.0 Å². The van der Waals surface area contributed by atoms with Crippen LogP contribution in [0.4, 0.5) is 0 Å². The number of carboxylic acids is 1. The molecule has 37 heavy (non-hydrogen) atoms. The average Bonchev–Trinajstić information content (AvgIpc) is 2.86. The molecule has 1 saturated heterocycles. The Morgan fingerprint density at radius 2 is 1.78 bits per heavy atom. The van der Waals surface area contributed by atoms with Gasteiger partial charge in [-0.25, -0.2) is 4.79 Å². The summed E-state index contributed by atoms with van der Waals surface area (Å²) in [4.78, 5) is 26.5. The van der Waals surface area contributed by atoms with Gasteiger partial charge in [0.25, 0.3) is 0 Å². The van der Waals surface area contributed by atoms with Crippen LogP contribution in [0.2, 0.25) is 0 Å². The smallest absolute Gasteiger partial charge is 0.480 e.